The van der Waals surface area contributed by atoms with Crippen LogP contribution in [0.25, 0.3) is 11.0 Å². The molecule has 0 aliphatic heterocycles. The number of imidazole rings is 1. The van der Waals surface area contributed by atoms with Crippen LogP contribution in [-0.2, 0) is 7.05 Å². The van der Waals surface area contributed by atoms with Gasteiger partial charge in [0.15, 0.2) is 5.82 Å². The maximum Gasteiger partial charge on any atom is 0.156 e. The van der Waals surface area contributed by atoms with Crippen LogP contribution in [0.2, 0.25) is 0 Å². The van der Waals surface area contributed by atoms with E-state index in [0.717, 1.165) is 16.9 Å². The van der Waals surface area contributed by atoms with Crippen LogP contribution in [0, 0.1) is 0 Å². The molecule has 0 saturated carbocycles. The minimum absolute atomic E-state index is 0.212. The number of anilines is 1. The van der Waals surface area contributed by atoms with Crippen LogP contribution in [0.4, 0.5) is 5.82 Å². The topological polar surface area (TPSA) is 92.6 Å². The molecule has 108 valence electrons. The van der Waals surface area contributed by atoms with Crippen LogP contribution in [0.1, 0.15) is 20.3 Å². The predicted molar refractivity (Wildman–Crippen MR) is 79.0 cm³/mol. The zero-order chi connectivity index (χ0) is 14.7. The third kappa shape index (κ3) is 2.66. The first-order valence-electron chi connectivity index (χ1n) is 6.53. The number of amidine groups is 1. The first-order chi connectivity index (χ1) is 9.54. The summed E-state index contributed by atoms with van der Waals surface area (Å²) in [5.74, 6) is 1.03. The molecule has 0 amide bonds. The van der Waals surface area contributed by atoms with E-state index >= 15 is 0 Å². The molecule has 0 unspecified atom stereocenters. The van der Waals surface area contributed by atoms with Crippen molar-refractivity contribution in [3.8, 4) is 0 Å². The molecule has 0 spiro atoms. The van der Waals surface area contributed by atoms with Crippen molar-refractivity contribution >= 4 is 22.7 Å². The van der Waals surface area contributed by atoms with Gasteiger partial charge >= 0.3 is 0 Å². The van der Waals surface area contributed by atoms with Crippen LogP contribution in [0.5, 0.6) is 0 Å². The largest absolute Gasteiger partial charge is 0.409 e. The lowest BCUT2D eigenvalue weighted by Gasteiger charge is -2.27. The zero-order valence-electron chi connectivity index (χ0n) is 12.0. The number of pyridine rings is 1. The Morgan fingerprint density at radius 1 is 1.50 bits per heavy atom. The quantitative estimate of drug-likeness (QED) is 0.372. The van der Waals surface area contributed by atoms with Crippen molar-refractivity contribution in [3.63, 3.8) is 0 Å². The van der Waals surface area contributed by atoms with E-state index in [1.807, 2.05) is 17.7 Å². The number of rotatable bonds is 5. The van der Waals surface area contributed by atoms with Crippen molar-refractivity contribution < 1.29 is 5.21 Å². The molecule has 2 aromatic heterocycles. The van der Waals surface area contributed by atoms with Crippen molar-refractivity contribution in [2.24, 2.45) is 17.9 Å². The van der Waals surface area contributed by atoms with Gasteiger partial charge < -0.3 is 20.4 Å². The molecule has 20 heavy (non-hydrogen) atoms. The Morgan fingerprint density at radius 2 is 2.25 bits per heavy atom. The summed E-state index contributed by atoms with van der Waals surface area (Å²) in [6.45, 7) is 4.78. The van der Waals surface area contributed by atoms with Gasteiger partial charge in [-0.2, -0.15) is 0 Å². The van der Waals surface area contributed by atoms with Gasteiger partial charge in [-0.3, -0.25) is 0 Å². The summed E-state index contributed by atoms with van der Waals surface area (Å²) in [6.07, 6.45) is 4.02. The molecular weight excluding hydrogens is 256 g/mol. The second-order valence-corrected chi connectivity index (χ2v) is 4.99. The first kappa shape index (κ1) is 14.1. The number of hydrogen-bond donors (Lipinski definition) is 2. The molecule has 2 heterocycles. The highest BCUT2D eigenvalue weighted by molar-refractivity contribution is 5.87. The van der Waals surface area contributed by atoms with E-state index in [0.29, 0.717) is 13.0 Å². The van der Waals surface area contributed by atoms with E-state index < -0.39 is 0 Å². The minimum atomic E-state index is 0.212. The molecule has 0 saturated heterocycles. The Bertz CT molecular complexity index is 618. The number of aromatic nitrogens is 3. The van der Waals surface area contributed by atoms with E-state index in [4.69, 9.17) is 10.9 Å². The van der Waals surface area contributed by atoms with Crippen molar-refractivity contribution in [3.05, 3.63) is 18.6 Å². The second-order valence-electron chi connectivity index (χ2n) is 4.99. The fraction of sp³-hybridized carbons (Fsp3) is 0.462. The van der Waals surface area contributed by atoms with Crippen LogP contribution < -0.4 is 10.6 Å². The summed E-state index contributed by atoms with van der Waals surface area (Å²) in [7, 11) is 1.95. The standard InChI is InChI=1S/C13H20N6O/c1-9(2)19(7-5-11(14)17-20)13-12-10(4-6-15-13)18(3)8-16-12/h4,6,8-9,20H,5,7H2,1-3H3,(H2,14,17). The van der Waals surface area contributed by atoms with Gasteiger partial charge in [-0.05, 0) is 19.9 Å². The highest BCUT2D eigenvalue weighted by Crippen LogP contribution is 2.24. The first-order valence-corrected chi connectivity index (χ1v) is 6.53. The van der Waals surface area contributed by atoms with Crippen molar-refractivity contribution in [1.29, 1.82) is 0 Å². The lowest BCUT2D eigenvalue weighted by atomic mass is 10.2. The minimum Gasteiger partial charge on any atom is -0.409 e. The average molecular weight is 276 g/mol. The van der Waals surface area contributed by atoms with Crippen LogP contribution >= 0.6 is 0 Å². The normalized spacial score (nSPS) is 12.3. The molecule has 2 rings (SSSR count). The summed E-state index contributed by atoms with van der Waals surface area (Å²) in [5.41, 5.74) is 7.45. The summed E-state index contributed by atoms with van der Waals surface area (Å²) < 4.78 is 1.96. The van der Waals surface area contributed by atoms with E-state index in [9.17, 15) is 0 Å². The highest BCUT2D eigenvalue weighted by atomic mass is 16.4. The van der Waals surface area contributed by atoms with Crippen LogP contribution in [-0.4, -0.2) is 38.2 Å². The molecule has 7 heteroatoms. The van der Waals surface area contributed by atoms with Gasteiger partial charge in [-0.15, -0.1) is 0 Å². The van der Waals surface area contributed by atoms with E-state index in [1.165, 1.54) is 0 Å². The highest BCUT2D eigenvalue weighted by Gasteiger charge is 2.17. The van der Waals surface area contributed by atoms with Crippen molar-refractivity contribution in [1.82, 2.24) is 14.5 Å². The zero-order valence-corrected chi connectivity index (χ0v) is 12.0. The number of oxime groups is 1. The molecule has 0 aromatic carbocycles. The van der Waals surface area contributed by atoms with E-state index in [-0.39, 0.29) is 11.9 Å². The SMILES string of the molecule is CC(C)N(CC/C(N)=N/O)c1nccc2c1ncn2C. The second kappa shape index (κ2) is 5.77. The number of hydrogen-bond acceptors (Lipinski definition) is 5. The lowest BCUT2D eigenvalue weighted by Crippen LogP contribution is -2.34. The Morgan fingerprint density at radius 3 is 2.90 bits per heavy atom. The van der Waals surface area contributed by atoms with Gasteiger partial charge in [-0.25, -0.2) is 9.97 Å². The molecule has 0 bridgehead atoms. The third-order valence-electron chi connectivity index (χ3n) is 3.26. The molecule has 2 aromatic rings. The number of nitrogens with two attached hydrogens (primary N) is 1. The van der Waals surface area contributed by atoms with Gasteiger partial charge in [0.2, 0.25) is 0 Å². The molecule has 0 atom stereocenters. The molecule has 3 N–H and O–H groups in total. The smallest absolute Gasteiger partial charge is 0.156 e. The van der Waals surface area contributed by atoms with Gasteiger partial charge in [0, 0.05) is 32.3 Å². The molecule has 0 aliphatic carbocycles. The number of fused-ring (bicyclic) bond motifs is 1. The maximum absolute atomic E-state index is 8.65. The monoisotopic (exact) mass is 276 g/mol. The third-order valence-corrected chi connectivity index (χ3v) is 3.26. The average Bonchev–Trinajstić information content (AvgIpc) is 2.81. The van der Waals surface area contributed by atoms with Crippen molar-refractivity contribution in [2.45, 2.75) is 26.3 Å². The molecule has 0 fully saturated rings. The van der Waals surface area contributed by atoms with E-state index in [1.54, 1.807) is 12.5 Å². The Hall–Kier alpha value is -2.31. The molecular formula is C13H20N6O. The summed E-state index contributed by atoms with van der Waals surface area (Å²) >= 11 is 0. The Balaban J connectivity index is 2.36. The van der Waals surface area contributed by atoms with Gasteiger partial charge in [0.05, 0.1) is 11.8 Å². The molecule has 0 radical (unpaired) electrons. The van der Waals surface area contributed by atoms with Gasteiger partial charge in [-0.1, -0.05) is 5.16 Å². The Kier molecular flexibility index (Phi) is 4.07. The fourth-order valence-corrected chi connectivity index (χ4v) is 2.15. The van der Waals surface area contributed by atoms with Crippen LogP contribution in [0.15, 0.2) is 23.7 Å². The van der Waals surface area contributed by atoms with Gasteiger partial charge in [0.1, 0.15) is 11.4 Å². The summed E-state index contributed by atoms with van der Waals surface area (Å²) in [4.78, 5) is 11.0. The summed E-state index contributed by atoms with van der Waals surface area (Å²) in [6, 6.07) is 2.18. The molecule has 0 aliphatic rings. The number of nitrogens with zero attached hydrogens (tertiary/aromatic N) is 5. The maximum atomic E-state index is 8.65. The van der Waals surface area contributed by atoms with Gasteiger partial charge in [0.25, 0.3) is 0 Å². The predicted octanol–water partition coefficient (Wildman–Crippen LogP) is 1.32. The molecule has 7 nitrogen and oxygen atoms in total. The fourth-order valence-electron chi connectivity index (χ4n) is 2.15. The van der Waals surface area contributed by atoms with Crippen molar-refractivity contribution in [2.75, 3.05) is 11.4 Å². The summed E-state index contributed by atoms with van der Waals surface area (Å²) in [5, 5.41) is 11.7. The van der Waals surface area contributed by atoms with Crippen LogP contribution in [0.3, 0.4) is 0 Å². The van der Waals surface area contributed by atoms with E-state index in [2.05, 4.69) is 33.9 Å². The Labute approximate surface area is 117 Å². The number of aryl methyl sites for hydroxylation is 1. The lowest BCUT2D eigenvalue weighted by molar-refractivity contribution is 0.317.